The van der Waals surface area contributed by atoms with E-state index in [0.29, 0.717) is 5.92 Å². The van der Waals surface area contributed by atoms with Gasteiger partial charge in [0.25, 0.3) is 5.56 Å². The zero-order valence-electron chi connectivity index (χ0n) is 11.9. The smallest absolute Gasteiger partial charge is 0.266 e. The maximum atomic E-state index is 12.0. The zero-order valence-corrected chi connectivity index (χ0v) is 11.9. The second-order valence-corrected chi connectivity index (χ2v) is 7.18. The van der Waals surface area contributed by atoms with Gasteiger partial charge in [0.1, 0.15) is 11.6 Å². The number of aryl methyl sites for hydroxylation is 1. The van der Waals surface area contributed by atoms with Crippen molar-refractivity contribution in [2.45, 2.75) is 44.9 Å². The highest BCUT2D eigenvalue weighted by atomic mass is 16.1. The van der Waals surface area contributed by atoms with Crippen LogP contribution in [0.5, 0.6) is 0 Å². The highest BCUT2D eigenvalue weighted by Gasteiger charge is 2.49. The number of rotatable bonds is 1. The Labute approximate surface area is 119 Å². The summed E-state index contributed by atoms with van der Waals surface area (Å²) in [7, 11) is 0. The van der Waals surface area contributed by atoms with Crippen LogP contribution in [0, 0.1) is 41.9 Å². The first kappa shape index (κ1) is 12.2. The molecule has 0 spiro atoms. The van der Waals surface area contributed by atoms with Crippen molar-refractivity contribution >= 4 is 0 Å². The summed E-state index contributed by atoms with van der Waals surface area (Å²) in [5.74, 6) is 3.93. The number of nitrogens with one attached hydrogen (secondary N) is 1. The number of pyridine rings is 1. The molecule has 0 radical (unpaired) electrons. The van der Waals surface area contributed by atoms with Crippen LogP contribution in [0.3, 0.4) is 0 Å². The normalized spacial score (nSPS) is 37.9. The fraction of sp³-hybridized carbons (Fsp3) is 0.647. The first-order valence-corrected chi connectivity index (χ1v) is 7.79. The lowest BCUT2D eigenvalue weighted by Crippen LogP contribution is -2.44. The van der Waals surface area contributed by atoms with Crippen LogP contribution in [-0.4, -0.2) is 4.98 Å². The topological polar surface area (TPSA) is 56.6 Å². The third-order valence-electron chi connectivity index (χ3n) is 5.96. The van der Waals surface area contributed by atoms with Crippen molar-refractivity contribution in [2.24, 2.45) is 23.7 Å². The third kappa shape index (κ3) is 1.67. The average Bonchev–Trinajstić information content (AvgIpc) is 2.41. The van der Waals surface area contributed by atoms with Gasteiger partial charge >= 0.3 is 0 Å². The van der Waals surface area contributed by atoms with Crippen molar-refractivity contribution in [1.29, 1.82) is 5.26 Å². The lowest BCUT2D eigenvalue weighted by molar-refractivity contribution is -0.00443. The van der Waals surface area contributed by atoms with E-state index >= 15 is 0 Å². The zero-order chi connectivity index (χ0) is 13.9. The molecule has 0 unspecified atom stereocenters. The Bertz CT molecular complexity index is 624. The van der Waals surface area contributed by atoms with Crippen molar-refractivity contribution < 1.29 is 0 Å². The van der Waals surface area contributed by atoms with Crippen LogP contribution in [0.2, 0.25) is 0 Å². The molecule has 0 atom stereocenters. The van der Waals surface area contributed by atoms with Crippen molar-refractivity contribution in [3.05, 3.63) is 33.2 Å². The maximum absolute atomic E-state index is 12.0. The molecule has 104 valence electrons. The quantitative estimate of drug-likeness (QED) is 0.851. The van der Waals surface area contributed by atoms with Gasteiger partial charge in [-0.15, -0.1) is 0 Å². The summed E-state index contributed by atoms with van der Waals surface area (Å²) in [5.41, 5.74) is 2.26. The van der Waals surface area contributed by atoms with E-state index in [4.69, 9.17) is 5.26 Å². The van der Waals surface area contributed by atoms with Gasteiger partial charge in [0.2, 0.25) is 0 Å². The minimum atomic E-state index is -0.207. The third-order valence-corrected chi connectivity index (χ3v) is 5.96. The Kier molecular flexibility index (Phi) is 2.57. The van der Waals surface area contributed by atoms with Crippen LogP contribution in [0.15, 0.2) is 10.9 Å². The highest BCUT2D eigenvalue weighted by Crippen LogP contribution is 2.59. The molecule has 1 aromatic rings. The van der Waals surface area contributed by atoms with Gasteiger partial charge in [0, 0.05) is 11.6 Å². The van der Waals surface area contributed by atoms with E-state index in [2.05, 4.69) is 4.98 Å². The Morgan fingerprint density at radius 1 is 1.15 bits per heavy atom. The van der Waals surface area contributed by atoms with Crippen molar-refractivity contribution in [2.75, 3.05) is 0 Å². The lowest BCUT2D eigenvalue weighted by atomic mass is 9.51. The van der Waals surface area contributed by atoms with Crippen LogP contribution < -0.4 is 5.56 Å². The van der Waals surface area contributed by atoms with Crippen LogP contribution in [0.1, 0.15) is 54.8 Å². The van der Waals surface area contributed by atoms with Gasteiger partial charge in [-0.2, -0.15) is 5.26 Å². The molecular weight excluding hydrogens is 248 g/mol. The maximum Gasteiger partial charge on any atom is 0.266 e. The number of nitriles is 1. The number of nitrogens with zero attached hydrogens (tertiary/aromatic N) is 1. The average molecular weight is 268 g/mol. The Morgan fingerprint density at radius 2 is 1.75 bits per heavy atom. The van der Waals surface area contributed by atoms with Crippen LogP contribution in [0.25, 0.3) is 0 Å². The number of aromatic amines is 1. The molecule has 4 aliphatic rings. The number of aromatic nitrogens is 1. The van der Waals surface area contributed by atoms with Gasteiger partial charge in [-0.25, -0.2) is 0 Å². The van der Waals surface area contributed by atoms with E-state index in [1.54, 1.807) is 6.07 Å². The number of H-pyrrole nitrogens is 1. The van der Waals surface area contributed by atoms with Gasteiger partial charge in [0.15, 0.2) is 0 Å². The van der Waals surface area contributed by atoms with Crippen molar-refractivity contribution in [3.8, 4) is 6.07 Å². The largest absolute Gasteiger partial charge is 0.325 e. The van der Waals surface area contributed by atoms with Crippen molar-refractivity contribution in [3.63, 3.8) is 0 Å². The van der Waals surface area contributed by atoms with E-state index in [9.17, 15) is 4.79 Å². The summed E-state index contributed by atoms with van der Waals surface area (Å²) in [5, 5.41) is 8.98. The van der Waals surface area contributed by atoms with E-state index in [1.165, 1.54) is 32.1 Å². The predicted octanol–water partition coefficient (Wildman–Crippen LogP) is 3.09. The SMILES string of the molecule is Cc1cc(C#N)c(=O)[nH]c1C1C2CC3CC(C2)CC1C3. The summed E-state index contributed by atoms with van der Waals surface area (Å²) in [6.45, 7) is 2.04. The monoisotopic (exact) mass is 268 g/mol. The molecule has 4 fully saturated rings. The fourth-order valence-corrected chi connectivity index (χ4v) is 5.47. The molecule has 1 N–H and O–H groups in total. The first-order chi connectivity index (χ1) is 9.65. The fourth-order valence-electron chi connectivity index (χ4n) is 5.47. The van der Waals surface area contributed by atoms with Crippen LogP contribution >= 0.6 is 0 Å². The molecule has 4 bridgehead atoms. The van der Waals surface area contributed by atoms with Gasteiger partial charge < -0.3 is 4.98 Å². The minimum Gasteiger partial charge on any atom is -0.325 e. The summed E-state index contributed by atoms with van der Waals surface area (Å²) >= 11 is 0. The van der Waals surface area contributed by atoms with Gasteiger partial charge in [-0.3, -0.25) is 4.79 Å². The highest BCUT2D eigenvalue weighted by molar-refractivity contribution is 5.35. The standard InChI is InChI=1S/C17H20N2O/c1-9-2-14(8-18)17(20)19-16(9)15-12-4-10-3-11(6-12)7-13(15)5-10/h2,10-13,15H,3-7H2,1H3,(H,19,20). The molecule has 1 heterocycles. The van der Waals surface area contributed by atoms with Gasteiger partial charge in [-0.1, -0.05) is 0 Å². The molecule has 0 aliphatic heterocycles. The summed E-state index contributed by atoms with van der Waals surface area (Å²) in [4.78, 5) is 15.0. The Hall–Kier alpha value is -1.56. The van der Waals surface area contributed by atoms with Gasteiger partial charge in [0.05, 0.1) is 0 Å². The Balaban J connectivity index is 1.77. The summed E-state index contributed by atoms with van der Waals surface area (Å²) < 4.78 is 0. The lowest BCUT2D eigenvalue weighted by Gasteiger charge is -2.54. The molecule has 5 rings (SSSR count). The molecule has 0 saturated heterocycles. The molecule has 3 heteroatoms. The predicted molar refractivity (Wildman–Crippen MR) is 76.3 cm³/mol. The molecule has 20 heavy (non-hydrogen) atoms. The molecule has 3 nitrogen and oxygen atoms in total. The summed E-state index contributed by atoms with van der Waals surface area (Å²) in [6.07, 6.45) is 6.83. The van der Waals surface area contributed by atoms with Crippen molar-refractivity contribution in [1.82, 2.24) is 4.98 Å². The Morgan fingerprint density at radius 3 is 2.30 bits per heavy atom. The summed E-state index contributed by atoms with van der Waals surface area (Å²) in [6, 6.07) is 3.76. The first-order valence-electron chi connectivity index (χ1n) is 7.79. The van der Waals surface area contributed by atoms with E-state index < -0.39 is 0 Å². The number of hydrogen-bond donors (Lipinski definition) is 1. The van der Waals surface area contributed by atoms with Crippen LogP contribution in [-0.2, 0) is 0 Å². The van der Waals surface area contributed by atoms with E-state index in [0.717, 1.165) is 34.9 Å². The number of hydrogen-bond acceptors (Lipinski definition) is 2. The molecule has 0 amide bonds. The second kappa shape index (κ2) is 4.22. The second-order valence-electron chi connectivity index (χ2n) is 7.18. The molecule has 0 aromatic carbocycles. The van der Waals surface area contributed by atoms with Gasteiger partial charge in [-0.05, 0) is 74.3 Å². The molecule has 1 aromatic heterocycles. The molecular formula is C17H20N2O. The molecule has 4 aliphatic carbocycles. The van der Waals surface area contributed by atoms with Crippen LogP contribution in [0.4, 0.5) is 0 Å². The van der Waals surface area contributed by atoms with E-state index in [1.807, 2.05) is 13.0 Å². The van der Waals surface area contributed by atoms with E-state index in [-0.39, 0.29) is 11.1 Å². The molecule has 4 saturated carbocycles. The minimum absolute atomic E-state index is 0.207.